The molecule has 0 bridgehead atoms. The summed E-state index contributed by atoms with van der Waals surface area (Å²) in [5.74, 6) is 0.899. The lowest BCUT2D eigenvalue weighted by atomic mass is 10.1. The van der Waals surface area contributed by atoms with Crippen molar-refractivity contribution in [2.24, 2.45) is 0 Å². The summed E-state index contributed by atoms with van der Waals surface area (Å²) in [7, 11) is -3.70. The van der Waals surface area contributed by atoms with Crippen molar-refractivity contribution in [1.29, 1.82) is 0 Å². The zero-order chi connectivity index (χ0) is 15.9. The predicted octanol–water partition coefficient (Wildman–Crippen LogP) is 2.86. The molecular formula is C13H13Cl2N3O3S. The summed E-state index contributed by atoms with van der Waals surface area (Å²) in [4.78, 5) is 4.18. The van der Waals surface area contributed by atoms with Crippen LogP contribution in [0.1, 0.15) is 24.1 Å². The van der Waals surface area contributed by atoms with Gasteiger partial charge in [0.1, 0.15) is 4.90 Å². The quantitative estimate of drug-likeness (QED) is 0.839. The van der Waals surface area contributed by atoms with E-state index >= 15 is 0 Å². The Labute approximate surface area is 138 Å². The summed E-state index contributed by atoms with van der Waals surface area (Å²) in [6.45, 7) is 2.38. The number of hydrogen-bond acceptors (Lipinski definition) is 5. The molecule has 9 heteroatoms. The predicted molar refractivity (Wildman–Crippen MR) is 81.6 cm³/mol. The van der Waals surface area contributed by atoms with Crippen LogP contribution in [0.25, 0.3) is 0 Å². The number of benzene rings is 1. The molecule has 0 saturated carbocycles. The molecule has 0 aliphatic carbocycles. The third-order valence-electron chi connectivity index (χ3n) is 3.55. The lowest BCUT2D eigenvalue weighted by molar-refractivity contribution is 0.351. The molecule has 6 nitrogen and oxygen atoms in total. The molecule has 1 fully saturated rings. The minimum absolute atomic E-state index is 0.0176. The van der Waals surface area contributed by atoms with Crippen LogP contribution in [0, 0.1) is 6.92 Å². The van der Waals surface area contributed by atoms with Crippen LogP contribution >= 0.6 is 23.2 Å². The Hall–Kier alpha value is -1.15. The van der Waals surface area contributed by atoms with E-state index in [1.807, 2.05) is 0 Å². The second-order valence-electron chi connectivity index (χ2n) is 5.10. The Morgan fingerprint density at radius 2 is 2.14 bits per heavy atom. The second-order valence-corrected chi connectivity index (χ2v) is 7.85. The highest BCUT2D eigenvalue weighted by Crippen LogP contribution is 2.33. The lowest BCUT2D eigenvalue weighted by Crippen LogP contribution is -2.29. The van der Waals surface area contributed by atoms with Crippen LogP contribution in [0.4, 0.5) is 0 Å². The van der Waals surface area contributed by atoms with Crippen LogP contribution in [0.5, 0.6) is 0 Å². The van der Waals surface area contributed by atoms with Crippen LogP contribution in [-0.4, -0.2) is 36.0 Å². The Kier molecular flexibility index (Phi) is 4.15. The molecular weight excluding hydrogens is 349 g/mol. The van der Waals surface area contributed by atoms with Gasteiger partial charge in [-0.05, 0) is 31.5 Å². The average molecular weight is 362 g/mol. The maximum absolute atomic E-state index is 12.7. The van der Waals surface area contributed by atoms with E-state index in [4.69, 9.17) is 27.7 Å². The number of sulfonamides is 1. The van der Waals surface area contributed by atoms with Gasteiger partial charge in [0.25, 0.3) is 0 Å². The summed E-state index contributed by atoms with van der Waals surface area (Å²) in [5.41, 5.74) is 0. The topological polar surface area (TPSA) is 76.3 Å². The fraction of sp³-hybridized carbons (Fsp3) is 0.385. The van der Waals surface area contributed by atoms with Crippen molar-refractivity contribution < 1.29 is 12.9 Å². The molecule has 1 unspecified atom stereocenters. The summed E-state index contributed by atoms with van der Waals surface area (Å²) in [5, 5.41) is 4.22. The van der Waals surface area contributed by atoms with Gasteiger partial charge in [0.2, 0.25) is 15.9 Å². The van der Waals surface area contributed by atoms with Gasteiger partial charge in [-0.15, -0.1) is 0 Å². The summed E-state index contributed by atoms with van der Waals surface area (Å²) < 4.78 is 31.9. The standard InChI is InChI=1S/C13H13Cl2N3O3S/c1-8-16-13(21-17-8)9-4-5-18(7-9)22(19,20)12-6-10(14)2-3-11(12)15/h2-3,6,9H,4-5,7H2,1H3. The first kappa shape index (κ1) is 15.7. The number of hydrogen-bond donors (Lipinski definition) is 0. The van der Waals surface area contributed by atoms with Gasteiger partial charge >= 0.3 is 0 Å². The third-order valence-corrected chi connectivity index (χ3v) is 6.14. The van der Waals surface area contributed by atoms with E-state index in [0.717, 1.165) is 0 Å². The first-order chi connectivity index (χ1) is 10.4. The second kappa shape index (κ2) is 5.81. The van der Waals surface area contributed by atoms with Crippen molar-refractivity contribution in [3.63, 3.8) is 0 Å². The minimum atomic E-state index is -3.70. The molecule has 118 valence electrons. The number of aromatic nitrogens is 2. The van der Waals surface area contributed by atoms with Gasteiger partial charge in [-0.2, -0.15) is 9.29 Å². The molecule has 0 spiro atoms. The molecule has 2 aromatic rings. The van der Waals surface area contributed by atoms with E-state index in [1.165, 1.54) is 16.4 Å². The Morgan fingerprint density at radius 3 is 2.82 bits per heavy atom. The van der Waals surface area contributed by atoms with Gasteiger partial charge in [-0.1, -0.05) is 28.4 Å². The molecule has 1 atom stereocenters. The van der Waals surface area contributed by atoms with Crippen molar-refractivity contribution >= 4 is 33.2 Å². The van der Waals surface area contributed by atoms with Crippen molar-refractivity contribution in [3.05, 3.63) is 40.0 Å². The average Bonchev–Trinajstić information content (AvgIpc) is 3.10. The highest BCUT2D eigenvalue weighted by Gasteiger charge is 2.36. The van der Waals surface area contributed by atoms with Gasteiger partial charge in [-0.25, -0.2) is 8.42 Å². The summed E-state index contributed by atoms with van der Waals surface area (Å²) in [6, 6.07) is 4.39. The van der Waals surface area contributed by atoms with Gasteiger partial charge in [0.15, 0.2) is 5.82 Å². The number of nitrogens with zero attached hydrogens (tertiary/aromatic N) is 3. The Morgan fingerprint density at radius 1 is 1.36 bits per heavy atom. The molecule has 1 aliphatic rings. The zero-order valence-corrected chi connectivity index (χ0v) is 14.0. The van der Waals surface area contributed by atoms with E-state index in [-0.39, 0.29) is 22.4 Å². The number of rotatable bonds is 3. The van der Waals surface area contributed by atoms with E-state index in [1.54, 1.807) is 13.0 Å². The van der Waals surface area contributed by atoms with Gasteiger partial charge in [-0.3, -0.25) is 0 Å². The molecule has 0 radical (unpaired) electrons. The summed E-state index contributed by atoms with van der Waals surface area (Å²) in [6.07, 6.45) is 0.624. The van der Waals surface area contributed by atoms with Crippen LogP contribution in [0.3, 0.4) is 0 Å². The highest BCUT2D eigenvalue weighted by molar-refractivity contribution is 7.89. The zero-order valence-electron chi connectivity index (χ0n) is 11.7. The summed E-state index contributed by atoms with van der Waals surface area (Å²) >= 11 is 11.9. The van der Waals surface area contributed by atoms with E-state index in [9.17, 15) is 8.42 Å². The fourth-order valence-corrected chi connectivity index (χ4v) is 4.68. The molecule has 1 aromatic carbocycles. The fourth-order valence-electron chi connectivity index (χ4n) is 2.44. The molecule has 1 aromatic heterocycles. The number of aryl methyl sites for hydroxylation is 1. The van der Waals surface area contributed by atoms with Gasteiger partial charge < -0.3 is 4.52 Å². The van der Waals surface area contributed by atoms with Gasteiger partial charge in [0.05, 0.1) is 10.9 Å². The lowest BCUT2D eigenvalue weighted by Gasteiger charge is -2.17. The van der Waals surface area contributed by atoms with Crippen molar-refractivity contribution in [1.82, 2.24) is 14.4 Å². The van der Waals surface area contributed by atoms with Crippen molar-refractivity contribution in [2.45, 2.75) is 24.2 Å². The van der Waals surface area contributed by atoms with E-state index in [0.29, 0.717) is 29.7 Å². The van der Waals surface area contributed by atoms with Crippen LogP contribution < -0.4 is 0 Å². The normalized spacial score (nSPS) is 19.7. The Balaban J connectivity index is 1.86. The maximum Gasteiger partial charge on any atom is 0.244 e. The van der Waals surface area contributed by atoms with Crippen molar-refractivity contribution in [2.75, 3.05) is 13.1 Å². The monoisotopic (exact) mass is 361 g/mol. The van der Waals surface area contributed by atoms with Crippen LogP contribution in [-0.2, 0) is 10.0 Å². The first-order valence-corrected chi connectivity index (χ1v) is 8.83. The van der Waals surface area contributed by atoms with Crippen LogP contribution in [0.15, 0.2) is 27.6 Å². The van der Waals surface area contributed by atoms with Gasteiger partial charge in [0, 0.05) is 18.1 Å². The molecule has 22 heavy (non-hydrogen) atoms. The van der Waals surface area contributed by atoms with Crippen LogP contribution in [0.2, 0.25) is 10.0 Å². The largest absolute Gasteiger partial charge is 0.339 e. The molecule has 0 amide bonds. The van der Waals surface area contributed by atoms with Crippen molar-refractivity contribution in [3.8, 4) is 0 Å². The third kappa shape index (κ3) is 2.86. The maximum atomic E-state index is 12.7. The minimum Gasteiger partial charge on any atom is -0.339 e. The highest BCUT2D eigenvalue weighted by atomic mass is 35.5. The SMILES string of the molecule is Cc1noc(C2CCN(S(=O)(=O)c3cc(Cl)ccc3Cl)C2)n1. The van der Waals surface area contributed by atoms with E-state index in [2.05, 4.69) is 10.1 Å². The molecule has 0 N–H and O–H groups in total. The molecule has 1 saturated heterocycles. The molecule has 3 rings (SSSR count). The smallest absolute Gasteiger partial charge is 0.244 e. The number of halogens is 2. The Bertz CT molecular complexity index is 807. The molecule has 2 heterocycles. The first-order valence-electron chi connectivity index (χ1n) is 6.63. The molecule has 1 aliphatic heterocycles. The van der Waals surface area contributed by atoms with E-state index < -0.39 is 10.0 Å².